The number of halogens is 1. The van der Waals surface area contributed by atoms with Crippen molar-refractivity contribution in [2.45, 2.75) is 32.2 Å². The minimum atomic E-state index is -3.62. The molecule has 0 atom stereocenters. The highest BCUT2D eigenvalue weighted by molar-refractivity contribution is 7.89. The van der Waals surface area contributed by atoms with Crippen LogP contribution in [0.25, 0.3) is 0 Å². The van der Waals surface area contributed by atoms with Gasteiger partial charge in [0, 0.05) is 49.7 Å². The Morgan fingerprint density at radius 1 is 1.11 bits per heavy atom. The molecular formula is C20H26ClN3O3S. The van der Waals surface area contributed by atoms with Crippen LogP contribution in [0.1, 0.15) is 28.7 Å². The third-order valence-corrected chi connectivity index (χ3v) is 7.74. The normalized spacial score (nSPS) is 16.4. The molecule has 1 aliphatic rings. The molecule has 0 N–H and O–H groups in total. The molecule has 0 bridgehead atoms. The van der Waals surface area contributed by atoms with Gasteiger partial charge in [-0.1, -0.05) is 23.7 Å². The summed E-state index contributed by atoms with van der Waals surface area (Å²) in [5.41, 5.74) is 2.83. The Balaban J connectivity index is 1.65. The summed E-state index contributed by atoms with van der Waals surface area (Å²) >= 11 is 6.07. The van der Waals surface area contributed by atoms with E-state index in [2.05, 4.69) is 11.5 Å². The number of hydrogen-bond acceptors (Lipinski definition) is 4. The van der Waals surface area contributed by atoms with E-state index in [0.717, 1.165) is 23.5 Å². The third kappa shape index (κ3) is 4.03. The van der Waals surface area contributed by atoms with Crippen LogP contribution >= 0.6 is 11.6 Å². The number of ketones is 1. The van der Waals surface area contributed by atoms with Crippen molar-refractivity contribution in [2.24, 2.45) is 0 Å². The molecule has 2 heterocycles. The van der Waals surface area contributed by atoms with Crippen molar-refractivity contribution < 1.29 is 13.2 Å². The van der Waals surface area contributed by atoms with E-state index in [9.17, 15) is 13.2 Å². The van der Waals surface area contributed by atoms with Crippen LogP contribution in [0.2, 0.25) is 5.02 Å². The minimum Gasteiger partial charge on any atom is -0.349 e. The van der Waals surface area contributed by atoms with Gasteiger partial charge in [0.1, 0.15) is 4.90 Å². The number of benzene rings is 1. The van der Waals surface area contributed by atoms with Crippen molar-refractivity contribution in [3.63, 3.8) is 0 Å². The van der Waals surface area contributed by atoms with Gasteiger partial charge >= 0.3 is 0 Å². The predicted molar refractivity (Wildman–Crippen MR) is 111 cm³/mol. The molecule has 3 rings (SSSR count). The second-order valence-corrected chi connectivity index (χ2v) is 9.38. The SMILES string of the molecule is CCn1c(C)cc(C(=O)CN2CCN(S(=O)(=O)c3ccccc3Cl)CC2)c1C. The fourth-order valence-electron chi connectivity index (χ4n) is 3.78. The zero-order valence-corrected chi connectivity index (χ0v) is 18.1. The lowest BCUT2D eigenvalue weighted by Crippen LogP contribution is -2.49. The van der Waals surface area contributed by atoms with Crippen LogP contribution in [0.5, 0.6) is 0 Å². The number of hydrogen-bond donors (Lipinski definition) is 0. The van der Waals surface area contributed by atoms with Gasteiger partial charge < -0.3 is 4.57 Å². The number of carbonyl (C=O) groups is 1. The van der Waals surface area contributed by atoms with Crippen LogP contribution < -0.4 is 0 Å². The van der Waals surface area contributed by atoms with Crippen LogP contribution in [-0.4, -0.2) is 60.7 Å². The maximum absolute atomic E-state index is 12.8. The Bertz CT molecular complexity index is 977. The summed E-state index contributed by atoms with van der Waals surface area (Å²) in [6.45, 7) is 8.89. The molecule has 1 aromatic heterocycles. The Hall–Kier alpha value is -1.67. The second-order valence-electron chi connectivity index (χ2n) is 7.06. The summed E-state index contributed by atoms with van der Waals surface area (Å²) in [6, 6.07) is 8.42. The van der Waals surface area contributed by atoms with Crippen LogP contribution in [0.4, 0.5) is 0 Å². The van der Waals surface area contributed by atoms with Gasteiger partial charge in [0.15, 0.2) is 5.78 Å². The van der Waals surface area contributed by atoms with Crippen molar-refractivity contribution in [1.82, 2.24) is 13.8 Å². The number of nitrogens with zero attached hydrogens (tertiary/aromatic N) is 3. The van der Waals surface area contributed by atoms with E-state index in [0.29, 0.717) is 32.7 Å². The van der Waals surface area contributed by atoms with E-state index in [4.69, 9.17) is 11.6 Å². The van der Waals surface area contributed by atoms with Gasteiger partial charge in [-0.25, -0.2) is 8.42 Å². The van der Waals surface area contributed by atoms with Crippen molar-refractivity contribution in [3.05, 3.63) is 52.3 Å². The Morgan fingerprint density at radius 2 is 1.75 bits per heavy atom. The van der Waals surface area contributed by atoms with E-state index in [1.54, 1.807) is 18.2 Å². The topological polar surface area (TPSA) is 62.6 Å². The van der Waals surface area contributed by atoms with Crippen molar-refractivity contribution >= 4 is 27.4 Å². The molecule has 0 amide bonds. The zero-order chi connectivity index (χ0) is 20.5. The first-order valence-corrected chi connectivity index (χ1v) is 11.2. The molecule has 6 nitrogen and oxygen atoms in total. The van der Waals surface area contributed by atoms with Crippen molar-refractivity contribution in [2.75, 3.05) is 32.7 Å². The van der Waals surface area contributed by atoms with Gasteiger partial charge in [-0.05, 0) is 39.0 Å². The molecule has 0 radical (unpaired) electrons. The smallest absolute Gasteiger partial charge is 0.244 e. The van der Waals surface area contributed by atoms with Crippen LogP contribution in [0.15, 0.2) is 35.2 Å². The fraction of sp³-hybridized carbons (Fsp3) is 0.450. The second kappa shape index (κ2) is 8.37. The molecule has 1 saturated heterocycles. The summed E-state index contributed by atoms with van der Waals surface area (Å²) in [5, 5.41) is 0.228. The standard InChI is InChI=1S/C20H26ClN3O3S/c1-4-24-15(2)13-17(16(24)3)19(25)14-22-9-11-23(12-10-22)28(26,27)20-8-6-5-7-18(20)21/h5-8,13H,4,9-12,14H2,1-3H3. The number of aromatic nitrogens is 1. The van der Waals surface area contributed by atoms with Gasteiger partial charge in [-0.3, -0.25) is 9.69 Å². The molecule has 0 aliphatic carbocycles. The third-order valence-electron chi connectivity index (χ3n) is 5.34. The first-order valence-electron chi connectivity index (χ1n) is 9.42. The van der Waals surface area contributed by atoms with Gasteiger partial charge in [0.25, 0.3) is 0 Å². The lowest BCUT2D eigenvalue weighted by molar-refractivity contribution is 0.0901. The number of aryl methyl sites for hydroxylation is 1. The summed E-state index contributed by atoms with van der Waals surface area (Å²) in [6.07, 6.45) is 0. The maximum atomic E-state index is 12.8. The molecule has 8 heteroatoms. The first-order chi connectivity index (χ1) is 13.3. The highest BCUT2D eigenvalue weighted by Gasteiger charge is 2.30. The largest absolute Gasteiger partial charge is 0.349 e. The van der Waals surface area contributed by atoms with Crippen LogP contribution in [0.3, 0.4) is 0 Å². The predicted octanol–water partition coefficient (Wildman–Crippen LogP) is 2.97. The summed E-state index contributed by atoms with van der Waals surface area (Å²) in [7, 11) is -3.62. The number of piperazine rings is 1. The number of rotatable bonds is 6. The molecule has 1 aromatic carbocycles. The molecular weight excluding hydrogens is 398 g/mol. The molecule has 152 valence electrons. The monoisotopic (exact) mass is 423 g/mol. The average molecular weight is 424 g/mol. The van der Waals surface area contributed by atoms with Crippen molar-refractivity contribution in [1.29, 1.82) is 0 Å². The minimum absolute atomic E-state index is 0.0789. The highest BCUT2D eigenvalue weighted by atomic mass is 35.5. The zero-order valence-electron chi connectivity index (χ0n) is 16.5. The van der Waals surface area contributed by atoms with Gasteiger partial charge in [-0.15, -0.1) is 0 Å². The number of sulfonamides is 1. The van der Waals surface area contributed by atoms with E-state index in [1.165, 1.54) is 10.4 Å². The number of carbonyl (C=O) groups excluding carboxylic acids is 1. The number of Topliss-reactive ketones (excluding diaryl/α,β-unsaturated/α-hetero) is 1. The Labute approximate surface area is 171 Å². The molecule has 28 heavy (non-hydrogen) atoms. The first kappa shape index (κ1) is 21.0. The summed E-state index contributed by atoms with van der Waals surface area (Å²) in [5.74, 6) is 0.0789. The quantitative estimate of drug-likeness (QED) is 0.670. The summed E-state index contributed by atoms with van der Waals surface area (Å²) in [4.78, 5) is 14.9. The van der Waals surface area contributed by atoms with E-state index >= 15 is 0 Å². The van der Waals surface area contributed by atoms with Crippen LogP contribution in [-0.2, 0) is 16.6 Å². The lowest BCUT2D eigenvalue weighted by Gasteiger charge is -2.33. The Kier molecular flexibility index (Phi) is 6.29. The molecule has 2 aromatic rings. The Morgan fingerprint density at radius 3 is 2.32 bits per heavy atom. The van der Waals surface area contributed by atoms with Gasteiger partial charge in [0.05, 0.1) is 11.6 Å². The average Bonchev–Trinajstić information content (AvgIpc) is 2.96. The molecule has 0 spiro atoms. The summed E-state index contributed by atoms with van der Waals surface area (Å²) < 4.78 is 29.2. The van der Waals surface area contributed by atoms with Crippen LogP contribution in [0, 0.1) is 13.8 Å². The maximum Gasteiger partial charge on any atom is 0.244 e. The van der Waals surface area contributed by atoms with E-state index < -0.39 is 10.0 Å². The van der Waals surface area contributed by atoms with E-state index in [1.807, 2.05) is 24.8 Å². The molecule has 1 aliphatic heterocycles. The molecule has 0 saturated carbocycles. The van der Waals surface area contributed by atoms with Gasteiger partial charge in [0.2, 0.25) is 10.0 Å². The lowest BCUT2D eigenvalue weighted by atomic mass is 10.1. The van der Waals surface area contributed by atoms with Crippen molar-refractivity contribution in [3.8, 4) is 0 Å². The van der Waals surface area contributed by atoms with E-state index in [-0.39, 0.29) is 15.7 Å². The van der Waals surface area contributed by atoms with Gasteiger partial charge in [-0.2, -0.15) is 4.31 Å². The fourth-order valence-corrected chi connectivity index (χ4v) is 5.69. The molecule has 1 fully saturated rings. The molecule has 0 unspecified atom stereocenters. The highest BCUT2D eigenvalue weighted by Crippen LogP contribution is 2.25.